The number of ether oxygens (including phenoxy) is 1. The fourth-order valence-corrected chi connectivity index (χ4v) is 3.52. The van der Waals surface area contributed by atoms with Crippen molar-refractivity contribution in [3.8, 4) is 22.7 Å². The molecule has 3 rings (SSSR count). The molecule has 0 unspecified atom stereocenters. The molecule has 2 N–H and O–H groups in total. The monoisotopic (exact) mass is 429 g/mol. The van der Waals surface area contributed by atoms with Crippen LogP contribution in [-0.4, -0.2) is 25.3 Å². The summed E-state index contributed by atoms with van der Waals surface area (Å²) >= 11 is 11.8. The summed E-state index contributed by atoms with van der Waals surface area (Å²) in [6, 6.07) is 11.9. The summed E-state index contributed by atoms with van der Waals surface area (Å²) in [5.74, 6) is -0.514. The molecule has 0 bridgehead atoms. The van der Waals surface area contributed by atoms with Crippen LogP contribution in [0.2, 0.25) is 0 Å². The fourth-order valence-electron chi connectivity index (χ4n) is 2.59. The van der Waals surface area contributed by atoms with E-state index in [9.17, 15) is 12.8 Å². The van der Waals surface area contributed by atoms with E-state index in [1.807, 2.05) is 0 Å². The maximum Gasteiger partial charge on any atom is 0.240 e. The van der Waals surface area contributed by atoms with E-state index in [1.54, 1.807) is 18.2 Å². The maximum absolute atomic E-state index is 14.2. The molecule has 0 aliphatic heterocycles. The molecule has 1 aromatic heterocycles. The normalized spacial score (nSPS) is 11.8. The lowest BCUT2D eigenvalue weighted by Crippen LogP contribution is -2.16. The Balaban J connectivity index is 2.28. The number of alkyl halides is 2. The van der Waals surface area contributed by atoms with Crippen molar-refractivity contribution >= 4 is 33.2 Å². The third-order valence-corrected chi connectivity index (χ3v) is 5.20. The Morgan fingerprint density at radius 2 is 1.89 bits per heavy atom. The third kappa shape index (κ3) is 3.93. The largest absolute Gasteiger partial charge is 0.494 e. The second-order valence-corrected chi connectivity index (χ2v) is 8.16. The molecule has 0 saturated heterocycles. The number of nitrogens with zero attached hydrogens (tertiary/aromatic N) is 2. The Bertz CT molecular complexity index is 1100. The number of methoxy groups -OCH3 is 1. The zero-order valence-electron chi connectivity index (χ0n) is 13.9. The molecule has 27 heavy (non-hydrogen) atoms. The summed E-state index contributed by atoms with van der Waals surface area (Å²) < 4.78 is 44.3. The standard InChI is InChI=1S/C17H14Cl2FN3O3S/c1-26-15-7-6-10(8-11(15)20)14-9-12(17(18)19)22-23(14)13-4-2-3-5-16(13)27(21,24)25/h2-9,17H,1H3,(H2,21,24,25). The first-order valence-electron chi connectivity index (χ1n) is 7.56. The van der Waals surface area contributed by atoms with Crippen LogP contribution in [0.1, 0.15) is 10.5 Å². The fraction of sp³-hybridized carbons (Fsp3) is 0.118. The zero-order chi connectivity index (χ0) is 19.8. The molecular weight excluding hydrogens is 416 g/mol. The summed E-state index contributed by atoms with van der Waals surface area (Å²) in [7, 11) is -2.68. The molecule has 3 aromatic rings. The van der Waals surface area contributed by atoms with Crippen LogP contribution >= 0.6 is 23.2 Å². The van der Waals surface area contributed by atoms with Crippen molar-refractivity contribution in [1.29, 1.82) is 0 Å². The van der Waals surface area contributed by atoms with Gasteiger partial charge in [0.1, 0.15) is 4.90 Å². The third-order valence-electron chi connectivity index (χ3n) is 3.80. The molecule has 1 heterocycles. The van der Waals surface area contributed by atoms with Gasteiger partial charge in [-0.05, 0) is 36.4 Å². The van der Waals surface area contributed by atoms with Gasteiger partial charge in [-0.2, -0.15) is 5.10 Å². The van der Waals surface area contributed by atoms with Gasteiger partial charge < -0.3 is 4.74 Å². The molecule has 142 valence electrons. The highest BCUT2D eigenvalue weighted by molar-refractivity contribution is 7.89. The number of nitrogens with two attached hydrogens (primary N) is 1. The quantitative estimate of drug-likeness (QED) is 0.624. The van der Waals surface area contributed by atoms with Crippen LogP contribution in [-0.2, 0) is 10.0 Å². The highest BCUT2D eigenvalue weighted by Gasteiger charge is 2.21. The van der Waals surface area contributed by atoms with E-state index in [4.69, 9.17) is 33.1 Å². The molecule has 0 radical (unpaired) electrons. The predicted octanol–water partition coefficient (Wildman–Crippen LogP) is 3.81. The highest BCUT2D eigenvalue weighted by atomic mass is 35.5. The van der Waals surface area contributed by atoms with Gasteiger partial charge >= 0.3 is 0 Å². The first-order valence-corrected chi connectivity index (χ1v) is 9.98. The predicted molar refractivity (Wildman–Crippen MR) is 101 cm³/mol. The molecule has 0 fully saturated rings. The SMILES string of the molecule is COc1ccc(-c2cc(C(Cl)Cl)nn2-c2ccccc2S(N)(=O)=O)cc1F. The van der Waals surface area contributed by atoms with E-state index in [-0.39, 0.29) is 22.0 Å². The summed E-state index contributed by atoms with van der Waals surface area (Å²) in [6.45, 7) is 0. The smallest absolute Gasteiger partial charge is 0.240 e. The summed E-state index contributed by atoms with van der Waals surface area (Å²) in [4.78, 5) is -1.11. The first kappa shape index (κ1) is 19.6. The van der Waals surface area contributed by atoms with Crippen LogP contribution in [0.3, 0.4) is 0 Å². The molecule has 0 atom stereocenters. The van der Waals surface area contributed by atoms with Crippen molar-refractivity contribution in [3.63, 3.8) is 0 Å². The number of hydrogen-bond donors (Lipinski definition) is 1. The van der Waals surface area contributed by atoms with Crippen molar-refractivity contribution in [2.75, 3.05) is 7.11 Å². The number of sulfonamides is 1. The van der Waals surface area contributed by atoms with Crippen molar-refractivity contribution in [1.82, 2.24) is 9.78 Å². The molecule has 0 saturated carbocycles. The number of benzene rings is 2. The van der Waals surface area contributed by atoms with Gasteiger partial charge in [0.15, 0.2) is 16.4 Å². The van der Waals surface area contributed by atoms with Crippen LogP contribution in [0.15, 0.2) is 53.4 Å². The number of halogens is 3. The van der Waals surface area contributed by atoms with E-state index in [2.05, 4.69) is 5.10 Å². The average molecular weight is 430 g/mol. The molecule has 10 heteroatoms. The molecule has 0 aliphatic carbocycles. The van der Waals surface area contributed by atoms with Crippen LogP contribution in [0.5, 0.6) is 5.75 Å². The van der Waals surface area contributed by atoms with Crippen molar-refractivity contribution in [2.24, 2.45) is 5.14 Å². The van der Waals surface area contributed by atoms with Gasteiger partial charge in [-0.15, -0.1) is 0 Å². The summed E-state index contributed by atoms with van der Waals surface area (Å²) in [5, 5.41) is 9.60. The lowest BCUT2D eigenvalue weighted by atomic mass is 10.1. The van der Waals surface area contributed by atoms with Gasteiger partial charge in [-0.3, -0.25) is 0 Å². The Morgan fingerprint density at radius 3 is 2.48 bits per heavy atom. The lowest BCUT2D eigenvalue weighted by molar-refractivity contribution is 0.386. The van der Waals surface area contributed by atoms with Gasteiger partial charge in [0.05, 0.1) is 24.2 Å². The molecule has 0 aliphatic rings. The van der Waals surface area contributed by atoms with Crippen LogP contribution in [0.4, 0.5) is 4.39 Å². The lowest BCUT2D eigenvalue weighted by Gasteiger charge is -2.12. The minimum atomic E-state index is -4.03. The zero-order valence-corrected chi connectivity index (χ0v) is 16.3. The molecule has 0 amide bonds. The van der Waals surface area contributed by atoms with Crippen LogP contribution in [0, 0.1) is 5.82 Å². The second-order valence-electron chi connectivity index (χ2n) is 5.53. The Morgan fingerprint density at radius 1 is 1.19 bits per heavy atom. The van der Waals surface area contributed by atoms with E-state index < -0.39 is 20.7 Å². The number of hydrogen-bond acceptors (Lipinski definition) is 4. The molecular formula is C17H14Cl2FN3O3S. The molecule has 2 aromatic carbocycles. The first-order chi connectivity index (χ1) is 12.7. The molecule has 0 spiro atoms. The number of primary sulfonamides is 1. The van der Waals surface area contributed by atoms with Crippen LogP contribution in [0.25, 0.3) is 16.9 Å². The minimum absolute atomic E-state index is 0.0718. The maximum atomic E-state index is 14.2. The van der Waals surface area contributed by atoms with Gasteiger partial charge in [0, 0.05) is 5.56 Å². The highest BCUT2D eigenvalue weighted by Crippen LogP contribution is 2.33. The van der Waals surface area contributed by atoms with Gasteiger partial charge in [-0.1, -0.05) is 35.3 Å². The summed E-state index contributed by atoms with van der Waals surface area (Å²) in [5.41, 5.74) is 1.26. The Hall–Kier alpha value is -2.13. The van der Waals surface area contributed by atoms with E-state index >= 15 is 0 Å². The number of para-hydroxylation sites is 1. The van der Waals surface area contributed by atoms with Crippen molar-refractivity contribution in [3.05, 3.63) is 60.0 Å². The van der Waals surface area contributed by atoms with Gasteiger partial charge in [0.2, 0.25) is 10.0 Å². The summed E-state index contributed by atoms with van der Waals surface area (Å²) in [6.07, 6.45) is 0. The van der Waals surface area contributed by atoms with Crippen LogP contribution < -0.4 is 9.88 Å². The van der Waals surface area contributed by atoms with E-state index in [1.165, 1.54) is 42.1 Å². The second kappa shape index (κ2) is 7.47. The van der Waals surface area contributed by atoms with Crippen molar-refractivity contribution in [2.45, 2.75) is 9.73 Å². The topological polar surface area (TPSA) is 87.2 Å². The number of rotatable bonds is 5. The Kier molecular flexibility index (Phi) is 5.43. The minimum Gasteiger partial charge on any atom is -0.494 e. The Labute approximate surface area is 165 Å². The van der Waals surface area contributed by atoms with E-state index in [0.717, 1.165) is 0 Å². The van der Waals surface area contributed by atoms with E-state index in [0.29, 0.717) is 11.3 Å². The van der Waals surface area contributed by atoms with Crippen molar-refractivity contribution < 1.29 is 17.5 Å². The van der Waals surface area contributed by atoms with Gasteiger partial charge in [-0.25, -0.2) is 22.6 Å². The average Bonchev–Trinajstić information content (AvgIpc) is 3.06. The molecule has 6 nitrogen and oxygen atoms in total. The number of aromatic nitrogens is 2. The van der Waals surface area contributed by atoms with Gasteiger partial charge in [0.25, 0.3) is 0 Å².